The molecule has 1 N–H and O–H groups in total. The molecule has 1 aliphatic rings. The number of hydrogen-bond acceptors (Lipinski definition) is 3. The predicted molar refractivity (Wildman–Crippen MR) is 86.5 cm³/mol. The molecule has 0 aliphatic carbocycles. The van der Waals surface area contributed by atoms with E-state index >= 15 is 0 Å². The summed E-state index contributed by atoms with van der Waals surface area (Å²) >= 11 is 0. The van der Waals surface area contributed by atoms with E-state index in [0.717, 1.165) is 12.1 Å². The fourth-order valence-corrected chi connectivity index (χ4v) is 4.05. The Hall–Kier alpha value is -2.48. The lowest BCUT2D eigenvalue weighted by Gasteiger charge is -2.17. The number of amides is 1. The van der Waals surface area contributed by atoms with Crippen molar-refractivity contribution in [3.8, 4) is 0 Å². The van der Waals surface area contributed by atoms with Crippen molar-refractivity contribution in [2.45, 2.75) is 6.42 Å². The minimum absolute atomic E-state index is 0.0138. The summed E-state index contributed by atoms with van der Waals surface area (Å²) in [6.07, 6.45) is 0.580. The number of nitrogens with zero attached hydrogens (tertiary/aromatic N) is 1. The summed E-state index contributed by atoms with van der Waals surface area (Å²) in [5.74, 6) is -2.59. The van der Waals surface area contributed by atoms with E-state index in [4.69, 9.17) is 0 Å². The standard InChI is InChI=1S/C16H14F2N2O3S/c17-14-7-2-11(10-15(14)18)16(21)19-12-3-5-13(6-4-12)20-8-1-9-24(20,22)23/h2-7,10H,1,8-9H2,(H,19,21). The van der Waals surface area contributed by atoms with Crippen molar-refractivity contribution in [3.05, 3.63) is 59.7 Å². The van der Waals surface area contributed by atoms with Crippen molar-refractivity contribution in [3.63, 3.8) is 0 Å². The molecule has 2 aromatic carbocycles. The van der Waals surface area contributed by atoms with E-state index < -0.39 is 27.6 Å². The van der Waals surface area contributed by atoms with Gasteiger partial charge in [0.2, 0.25) is 10.0 Å². The van der Waals surface area contributed by atoms with Crippen molar-refractivity contribution in [1.82, 2.24) is 0 Å². The molecule has 0 saturated carbocycles. The average molecular weight is 352 g/mol. The number of anilines is 2. The number of carbonyl (C=O) groups is 1. The molecule has 3 rings (SSSR count). The molecule has 0 unspecified atom stereocenters. The second-order valence-corrected chi connectivity index (χ2v) is 7.38. The van der Waals surface area contributed by atoms with Gasteiger partial charge in [0, 0.05) is 17.8 Å². The highest BCUT2D eigenvalue weighted by Gasteiger charge is 2.28. The lowest BCUT2D eigenvalue weighted by molar-refractivity contribution is 0.102. The number of benzene rings is 2. The Morgan fingerprint density at radius 2 is 1.75 bits per heavy atom. The number of sulfonamides is 1. The highest BCUT2D eigenvalue weighted by Crippen LogP contribution is 2.25. The molecule has 126 valence electrons. The molecule has 0 aromatic heterocycles. The van der Waals surface area contributed by atoms with Crippen LogP contribution in [0.5, 0.6) is 0 Å². The zero-order chi connectivity index (χ0) is 17.3. The molecular formula is C16H14F2N2O3S. The van der Waals surface area contributed by atoms with Crippen LogP contribution in [0.1, 0.15) is 16.8 Å². The summed E-state index contributed by atoms with van der Waals surface area (Å²) in [6.45, 7) is 0.433. The van der Waals surface area contributed by atoms with Crippen LogP contribution in [0.15, 0.2) is 42.5 Å². The molecule has 1 saturated heterocycles. The van der Waals surface area contributed by atoms with Crippen LogP contribution in [0.25, 0.3) is 0 Å². The van der Waals surface area contributed by atoms with Gasteiger partial charge in [-0.2, -0.15) is 0 Å². The second kappa shape index (κ2) is 6.20. The van der Waals surface area contributed by atoms with Crippen LogP contribution in [0, 0.1) is 11.6 Å². The number of carbonyl (C=O) groups excluding carboxylic acids is 1. The molecule has 8 heteroatoms. The van der Waals surface area contributed by atoms with E-state index in [2.05, 4.69) is 5.32 Å². The monoisotopic (exact) mass is 352 g/mol. The van der Waals surface area contributed by atoms with Gasteiger partial charge in [0.05, 0.1) is 11.4 Å². The van der Waals surface area contributed by atoms with Gasteiger partial charge in [-0.15, -0.1) is 0 Å². The second-order valence-electron chi connectivity index (χ2n) is 5.37. The Morgan fingerprint density at radius 1 is 1.04 bits per heavy atom. The van der Waals surface area contributed by atoms with E-state index in [1.165, 1.54) is 10.4 Å². The Balaban J connectivity index is 1.74. The zero-order valence-corrected chi connectivity index (χ0v) is 13.3. The van der Waals surface area contributed by atoms with Crippen molar-refractivity contribution in [1.29, 1.82) is 0 Å². The summed E-state index contributed by atoms with van der Waals surface area (Å²) in [6, 6.07) is 9.16. The molecule has 1 aliphatic heterocycles. The number of rotatable bonds is 3. The van der Waals surface area contributed by atoms with Gasteiger partial charge >= 0.3 is 0 Å². The molecule has 1 fully saturated rings. The molecule has 0 bridgehead atoms. The first-order chi connectivity index (χ1) is 11.4. The van der Waals surface area contributed by atoms with Gasteiger partial charge in [-0.25, -0.2) is 17.2 Å². The van der Waals surface area contributed by atoms with Crippen LogP contribution >= 0.6 is 0 Å². The van der Waals surface area contributed by atoms with Gasteiger partial charge in [-0.1, -0.05) is 0 Å². The van der Waals surface area contributed by atoms with E-state index in [1.54, 1.807) is 24.3 Å². The molecule has 1 amide bonds. The zero-order valence-electron chi connectivity index (χ0n) is 12.5. The van der Waals surface area contributed by atoms with Crippen LogP contribution < -0.4 is 9.62 Å². The van der Waals surface area contributed by atoms with Gasteiger partial charge < -0.3 is 5.32 Å². The van der Waals surface area contributed by atoms with Gasteiger partial charge in [-0.3, -0.25) is 9.10 Å². The van der Waals surface area contributed by atoms with Crippen molar-refractivity contribution < 1.29 is 22.0 Å². The number of nitrogens with one attached hydrogen (secondary N) is 1. The molecule has 0 spiro atoms. The Morgan fingerprint density at radius 3 is 2.33 bits per heavy atom. The molecule has 0 atom stereocenters. The first kappa shape index (κ1) is 16.4. The van der Waals surface area contributed by atoms with Crippen LogP contribution in [-0.4, -0.2) is 26.6 Å². The minimum Gasteiger partial charge on any atom is -0.322 e. The normalized spacial score (nSPS) is 16.2. The third-order valence-electron chi connectivity index (χ3n) is 3.69. The summed E-state index contributed by atoms with van der Waals surface area (Å²) in [5.41, 5.74) is 0.934. The third kappa shape index (κ3) is 3.23. The third-order valence-corrected chi connectivity index (χ3v) is 5.56. The van der Waals surface area contributed by atoms with Crippen LogP contribution in [0.2, 0.25) is 0 Å². The summed E-state index contributed by atoms with van der Waals surface area (Å²) in [5, 5.41) is 2.55. The number of hydrogen-bond donors (Lipinski definition) is 1. The Bertz CT molecular complexity index is 883. The lowest BCUT2D eigenvalue weighted by Crippen LogP contribution is -2.25. The quantitative estimate of drug-likeness (QED) is 0.924. The van der Waals surface area contributed by atoms with E-state index in [9.17, 15) is 22.0 Å². The molecular weight excluding hydrogens is 338 g/mol. The van der Waals surface area contributed by atoms with Crippen LogP contribution in [-0.2, 0) is 10.0 Å². The molecule has 24 heavy (non-hydrogen) atoms. The van der Waals surface area contributed by atoms with Crippen molar-refractivity contribution in [2.75, 3.05) is 21.9 Å². The van der Waals surface area contributed by atoms with E-state index in [0.29, 0.717) is 24.3 Å². The summed E-state index contributed by atoms with van der Waals surface area (Å²) in [4.78, 5) is 12.0. The largest absolute Gasteiger partial charge is 0.322 e. The fraction of sp³-hybridized carbons (Fsp3) is 0.188. The lowest BCUT2D eigenvalue weighted by atomic mass is 10.2. The van der Waals surface area contributed by atoms with Gasteiger partial charge in [-0.05, 0) is 48.9 Å². The maximum Gasteiger partial charge on any atom is 0.255 e. The molecule has 1 heterocycles. The van der Waals surface area contributed by atoms with Crippen molar-refractivity contribution in [2.24, 2.45) is 0 Å². The topological polar surface area (TPSA) is 66.5 Å². The van der Waals surface area contributed by atoms with Crippen LogP contribution in [0.3, 0.4) is 0 Å². The number of halogens is 2. The predicted octanol–water partition coefficient (Wildman–Crippen LogP) is 2.76. The fourth-order valence-electron chi connectivity index (χ4n) is 2.48. The highest BCUT2D eigenvalue weighted by atomic mass is 32.2. The first-order valence-electron chi connectivity index (χ1n) is 7.24. The Kier molecular flexibility index (Phi) is 4.23. The van der Waals surface area contributed by atoms with Gasteiger partial charge in [0.25, 0.3) is 5.91 Å². The van der Waals surface area contributed by atoms with Crippen molar-refractivity contribution >= 4 is 27.3 Å². The maximum atomic E-state index is 13.2. The maximum absolute atomic E-state index is 13.2. The molecule has 5 nitrogen and oxygen atoms in total. The Labute approximate surface area is 138 Å². The summed E-state index contributed by atoms with van der Waals surface area (Å²) in [7, 11) is -3.26. The van der Waals surface area contributed by atoms with Gasteiger partial charge in [0.1, 0.15) is 0 Å². The smallest absolute Gasteiger partial charge is 0.255 e. The molecule has 0 radical (unpaired) electrons. The SMILES string of the molecule is O=C(Nc1ccc(N2CCCS2(=O)=O)cc1)c1ccc(F)c(F)c1. The van der Waals surface area contributed by atoms with Crippen LogP contribution in [0.4, 0.5) is 20.2 Å². The summed E-state index contributed by atoms with van der Waals surface area (Å²) < 4.78 is 51.1. The highest BCUT2D eigenvalue weighted by molar-refractivity contribution is 7.93. The van der Waals surface area contributed by atoms with E-state index in [-0.39, 0.29) is 11.3 Å². The van der Waals surface area contributed by atoms with E-state index in [1.807, 2.05) is 0 Å². The molecule has 2 aromatic rings. The minimum atomic E-state index is -3.26. The van der Waals surface area contributed by atoms with Gasteiger partial charge in [0.15, 0.2) is 11.6 Å². The average Bonchev–Trinajstić information content (AvgIpc) is 2.90. The first-order valence-corrected chi connectivity index (χ1v) is 8.85.